The first-order valence-electron chi connectivity index (χ1n) is 6.51. The average molecular weight is 281 g/mol. The standard InChI is InChI=1S/C14H19NO5/c1-17-6-7-18-10-14(16)15-8-11-9-19-12-4-2-3-5-13(12)20-11/h2-5,11H,6-10H2,1H3,(H,15,16). The number of fused-ring (bicyclic) bond motifs is 1. The van der Waals surface area contributed by atoms with Crippen molar-refractivity contribution in [2.45, 2.75) is 6.10 Å². The van der Waals surface area contributed by atoms with Crippen molar-refractivity contribution < 1.29 is 23.7 Å². The molecule has 0 saturated carbocycles. The zero-order valence-electron chi connectivity index (χ0n) is 11.5. The van der Waals surface area contributed by atoms with E-state index in [1.807, 2.05) is 24.3 Å². The zero-order chi connectivity index (χ0) is 14.2. The van der Waals surface area contributed by atoms with E-state index in [-0.39, 0.29) is 18.6 Å². The van der Waals surface area contributed by atoms with E-state index in [0.29, 0.717) is 32.1 Å². The minimum atomic E-state index is -0.187. The van der Waals surface area contributed by atoms with Crippen molar-refractivity contribution in [3.05, 3.63) is 24.3 Å². The maximum Gasteiger partial charge on any atom is 0.246 e. The first-order chi connectivity index (χ1) is 9.79. The van der Waals surface area contributed by atoms with E-state index in [1.54, 1.807) is 7.11 Å². The molecule has 110 valence electrons. The summed E-state index contributed by atoms with van der Waals surface area (Å²) < 4.78 is 21.2. The number of hydrogen-bond acceptors (Lipinski definition) is 5. The molecule has 1 unspecified atom stereocenters. The Hall–Kier alpha value is -1.79. The minimum Gasteiger partial charge on any atom is -0.486 e. The highest BCUT2D eigenvalue weighted by Gasteiger charge is 2.20. The van der Waals surface area contributed by atoms with Crippen LogP contribution in [0.5, 0.6) is 11.5 Å². The van der Waals surface area contributed by atoms with E-state index in [9.17, 15) is 4.79 Å². The molecular weight excluding hydrogens is 262 g/mol. The number of carbonyl (C=O) groups excluding carboxylic acids is 1. The Kier molecular flexibility index (Phi) is 5.64. The number of carbonyl (C=O) groups is 1. The van der Waals surface area contributed by atoms with Gasteiger partial charge in [-0.15, -0.1) is 0 Å². The van der Waals surface area contributed by atoms with Crippen LogP contribution in [0.1, 0.15) is 0 Å². The molecule has 1 aliphatic rings. The van der Waals surface area contributed by atoms with Gasteiger partial charge in [0.15, 0.2) is 11.5 Å². The van der Waals surface area contributed by atoms with Gasteiger partial charge in [0.2, 0.25) is 5.91 Å². The Morgan fingerprint density at radius 2 is 2.15 bits per heavy atom. The number of para-hydroxylation sites is 2. The van der Waals surface area contributed by atoms with Gasteiger partial charge in [-0.2, -0.15) is 0 Å². The number of benzene rings is 1. The summed E-state index contributed by atoms with van der Waals surface area (Å²) in [5.74, 6) is 1.26. The van der Waals surface area contributed by atoms with Crippen molar-refractivity contribution in [2.75, 3.05) is 40.1 Å². The van der Waals surface area contributed by atoms with Gasteiger partial charge < -0.3 is 24.3 Å². The maximum absolute atomic E-state index is 11.5. The Bertz CT molecular complexity index is 437. The predicted octanol–water partition coefficient (Wildman–Crippen LogP) is 0.606. The monoisotopic (exact) mass is 281 g/mol. The second-order valence-corrected chi connectivity index (χ2v) is 4.35. The molecule has 2 rings (SSSR count). The van der Waals surface area contributed by atoms with Gasteiger partial charge in [-0.3, -0.25) is 4.79 Å². The molecule has 0 aliphatic carbocycles. The molecule has 0 bridgehead atoms. The van der Waals surface area contributed by atoms with E-state index < -0.39 is 0 Å². The third-order valence-corrected chi connectivity index (χ3v) is 2.76. The first kappa shape index (κ1) is 14.6. The summed E-state index contributed by atoms with van der Waals surface area (Å²) in [6, 6.07) is 7.47. The molecule has 1 heterocycles. The Labute approximate surface area is 118 Å². The normalized spacial score (nSPS) is 16.8. The summed E-state index contributed by atoms with van der Waals surface area (Å²) in [6.45, 7) is 1.71. The van der Waals surface area contributed by atoms with Crippen molar-refractivity contribution in [3.63, 3.8) is 0 Å². The van der Waals surface area contributed by atoms with Crippen molar-refractivity contribution in [3.8, 4) is 11.5 Å². The summed E-state index contributed by atoms with van der Waals surface area (Å²) in [6.07, 6.45) is -0.187. The number of rotatable bonds is 7. The van der Waals surface area contributed by atoms with Gasteiger partial charge in [-0.25, -0.2) is 0 Å². The highest BCUT2D eigenvalue weighted by molar-refractivity contribution is 5.77. The molecular formula is C14H19NO5. The van der Waals surface area contributed by atoms with Gasteiger partial charge in [0.25, 0.3) is 0 Å². The molecule has 1 aromatic carbocycles. The average Bonchev–Trinajstić information content (AvgIpc) is 2.49. The third kappa shape index (κ3) is 4.40. The lowest BCUT2D eigenvalue weighted by Gasteiger charge is -2.26. The highest BCUT2D eigenvalue weighted by atomic mass is 16.6. The van der Waals surface area contributed by atoms with Crippen LogP contribution in [0.15, 0.2) is 24.3 Å². The zero-order valence-corrected chi connectivity index (χ0v) is 11.5. The van der Waals surface area contributed by atoms with E-state index in [0.717, 1.165) is 5.75 Å². The first-order valence-corrected chi connectivity index (χ1v) is 6.51. The molecule has 0 spiro atoms. The number of methoxy groups -OCH3 is 1. The molecule has 6 nitrogen and oxygen atoms in total. The molecule has 1 aromatic rings. The molecule has 20 heavy (non-hydrogen) atoms. The Morgan fingerprint density at radius 1 is 1.35 bits per heavy atom. The van der Waals surface area contributed by atoms with Gasteiger partial charge in [-0.05, 0) is 12.1 Å². The largest absolute Gasteiger partial charge is 0.486 e. The quantitative estimate of drug-likeness (QED) is 0.742. The van der Waals surface area contributed by atoms with Crippen molar-refractivity contribution >= 4 is 5.91 Å². The fourth-order valence-electron chi connectivity index (χ4n) is 1.75. The Morgan fingerprint density at radius 3 is 2.95 bits per heavy atom. The summed E-state index contributed by atoms with van der Waals surface area (Å²) >= 11 is 0. The second kappa shape index (κ2) is 7.72. The number of hydrogen-bond donors (Lipinski definition) is 1. The minimum absolute atomic E-state index is 0.0214. The van der Waals surface area contributed by atoms with Crippen LogP contribution >= 0.6 is 0 Å². The van der Waals surface area contributed by atoms with E-state index >= 15 is 0 Å². The summed E-state index contributed by atoms with van der Waals surface area (Å²) in [5, 5.41) is 2.75. The summed E-state index contributed by atoms with van der Waals surface area (Å²) in [5.41, 5.74) is 0. The van der Waals surface area contributed by atoms with Crippen LogP contribution in [0, 0.1) is 0 Å². The Balaban J connectivity index is 1.67. The van der Waals surface area contributed by atoms with Crippen LogP contribution in [0.4, 0.5) is 0 Å². The van der Waals surface area contributed by atoms with Crippen molar-refractivity contribution in [1.29, 1.82) is 0 Å². The highest BCUT2D eigenvalue weighted by Crippen LogP contribution is 2.30. The predicted molar refractivity (Wildman–Crippen MR) is 72.1 cm³/mol. The topological polar surface area (TPSA) is 66.0 Å². The molecule has 1 atom stereocenters. The van der Waals surface area contributed by atoms with Crippen LogP contribution in [-0.2, 0) is 14.3 Å². The van der Waals surface area contributed by atoms with Gasteiger partial charge >= 0.3 is 0 Å². The van der Waals surface area contributed by atoms with Crippen molar-refractivity contribution in [1.82, 2.24) is 5.32 Å². The van der Waals surface area contributed by atoms with Gasteiger partial charge in [0, 0.05) is 7.11 Å². The molecule has 1 amide bonds. The van der Waals surface area contributed by atoms with Crippen molar-refractivity contribution in [2.24, 2.45) is 0 Å². The number of nitrogens with one attached hydrogen (secondary N) is 1. The molecule has 0 aromatic heterocycles. The van der Waals surface area contributed by atoms with Crippen LogP contribution in [0.25, 0.3) is 0 Å². The van der Waals surface area contributed by atoms with Crippen LogP contribution in [-0.4, -0.2) is 52.1 Å². The molecule has 6 heteroatoms. The lowest BCUT2D eigenvalue weighted by Crippen LogP contribution is -2.41. The van der Waals surface area contributed by atoms with Gasteiger partial charge in [0.05, 0.1) is 19.8 Å². The summed E-state index contributed by atoms with van der Waals surface area (Å²) in [7, 11) is 1.59. The number of amides is 1. The molecule has 1 N–H and O–H groups in total. The third-order valence-electron chi connectivity index (χ3n) is 2.76. The number of ether oxygens (including phenoxy) is 4. The fraction of sp³-hybridized carbons (Fsp3) is 0.500. The van der Waals surface area contributed by atoms with Gasteiger partial charge in [-0.1, -0.05) is 12.1 Å². The lowest BCUT2D eigenvalue weighted by molar-refractivity contribution is -0.126. The summed E-state index contributed by atoms with van der Waals surface area (Å²) in [4.78, 5) is 11.5. The van der Waals surface area contributed by atoms with Crippen LogP contribution in [0.3, 0.4) is 0 Å². The van der Waals surface area contributed by atoms with Crippen LogP contribution in [0.2, 0.25) is 0 Å². The van der Waals surface area contributed by atoms with Crippen LogP contribution < -0.4 is 14.8 Å². The van der Waals surface area contributed by atoms with E-state index in [4.69, 9.17) is 18.9 Å². The fourth-order valence-corrected chi connectivity index (χ4v) is 1.75. The molecule has 0 fully saturated rings. The maximum atomic E-state index is 11.5. The van der Waals surface area contributed by atoms with Gasteiger partial charge in [0.1, 0.15) is 19.3 Å². The van der Waals surface area contributed by atoms with E-state index in [2.05, 4.69) is 5.32 Å². The SMILES string of the molecule is COCCOCC(=O)NCC1COc2ccccc2O1. The van der Waals surface area contributed by atoms with E-state index in [1.165, 1.54) is 0 Å². The second-order valence-electron chi connectivity index (χ2n) is 4.35. The molecule has 0 saturated heterocycles. The molecule has 0 radical (unpaired) electrons. The molecule has 1 aliphatic heterocycles. The smallest absolute Gasteiger partial charge is 0.246 e. The lowest BCUT2D eigenvalue weighted by atomic mass is 10.2.